The highest BCUT2D eigenvalue weighted by Crippen LogP contribution is 2.27. The zero-order chi connectivity index (χ0) is 15.5. The molecule has 0 radical (unpaired) electrons. The van der Waals surface area contributed by atoms with Gasteiger partial charge in [0.15, 0.2) is 5.82 Å². The quantitative estimate of drug-likeness (QED) is 0.737. The first-order valence-corrected chi connectivity index (χ1v) is 8.22. The lowest BCUT2D eigenvalue weighted by Gasteiger charge is -2.22. The van der Waals surface area contributed by atoms with Crippen molar-refractivity contribution in [3.63, 3.8) is 0 Å². The maximum absolute atomic E-state index is 4.46. The Labute approximate surface area is 138 Å². The highest BCUT2D eigenvalue weighted by Gasteiger charge is 2.17. The van der Waals surface area contributed by atoms with Gasteiger partial charge in [0.1, 0.15) is 5.52 Å². The Morgan fingerprint density at radius 2 is 2.00 bits per heavy atom. The molecule has 114 valence electrons. The minimum Gasteiger partial charge on any atom is -0.368 e. The molecule has 22 heavy (non-hydrogen) atoms. The summed E-state index contributed by atoms with van der Waals surface area (Å²) in [5, 5.41) is 7.78. The minimum absolute atomic E-state index is 0.435. The number of fused-ring (bicyclic) bond motifs is 1. The molecule has 0 saturated carbocycles. The molecule has 0 saturated heterocycles. The molecule has 2 aromatic heterocycles. The molecular weight excluding hydrogens is 340 g/mol. The molecule has 0 aliphatic heterocycles. The minimum atomic E-state index is 0.435. The third-order valence-electron chi connectivity index (χ3n) is 3.91. The van der Waals surface area contributed by atoms with Crippen LogP contribution in [0.15, 0.2) is 53.4 Å². The van der Waals surface area contributed by atoms with E-state index >= 15 is 0 Å². The Bertz CT molecular complexity index is 752. The summed E-state index contributed by atoms with van der Waals surface area (Å²) < 4.78 is 2.77. The molecule has 4 nitrogen and oxygen atoms in total. The summed E-state index contributed by atoms with van der Waals surface area (Å²) in [6.07, 6.45) is 5.41. The molecule has 1 unspecified atom stereocenters. The summed E-state index contributed by atoms with van der Waals surface area (Å²) in [6, 6.07) is 10.6. The summed E-state index contributed by atoms with van der Waals surface area (Å²) in [7, 11) is 0. The van der Waals surface area contributed by atoms with Gasteiger partial charge in [-0.3, -0.25) is 0 Å². The van der Waals surface area contributed by atoms with Gasteiger partial charge < -0.3 is 5.32 Å². The van der Waals surface area contributed by atoms with Crippen molar-refractivity contribution in [1.82, 2.24) is 14.6 Å². The molecule has 0 amide bonds. The van der Waals surface area contributed by atoms with Crippen LogP contribution < -0.4 is 5.32 Å². The fourth-order valence-electron chi connectivity index (χ4n) is 2.68. The molecule has 0 bridgehead atoms. The van der Waals surface area contributed by atoms with Gasteiger partial charge in [-0.2, -0.15) is 5.10 Å². The predicted molar refractivity (Wildman–Crippen MR) is 93.2 cm³/mol. The SMILES string of the molecule is CC(C)C(CNc1nccn2ncc(Br)c12)c1ccccc1. The molecule has 3 rings (SSSR count). The van der Waals surface area contributed by atoms with Crippen molar-refractivity contribution >= 4 is 27.3 Å². The van der Waals surface area contributed by atoms with Crippen molar-refractivity contribution in [3.05, 3.63) is 59.0 Å². The topological polar surface area (TPSA) is 42.2 Å². The average molecular weight is 359 g/mol. The maximum atomic E-state index is 4.46. The molecule has 2 heterocycles. The fraction of sp³-hybridized carbons (Fsp3) is 0.294. The summed E-state index contributed by atoms with van der Waals surface area (Å²) >= 11 is 3.54. The first kappa shape index (κ1) is 15.0. The third-order valence-corrected chi connectivity index (χ3v) is 4.49. The van der Waals surface area contributed by atoms with Gasteiger partial charge in [-0.1, -0.05) is 44.2 Å². The lowest BCUT2D eigenvalue weighted by atomic mass is 9.88. The lowest BCUT2D eigenvalue weighted by molar-refractivity contribution is 0.516. The van der Waals surface area contributed by atoms with E-state index in [1.54, 1.807) is 12.4 Å². The monoisotopic (exact) mass is 358 g/mol. The Hall–Kier alpha value is -1.88. The molecular formula is C17H19BrN4. The Balaban J connectivity index is 1.84. The Morgan fingerprint density at radius 1 is 1.23 bits per heavy atom. The zero-order valence-corrected chi connectivity index (χ0v) is 14.3. The summed E-state index contributed by atoms with van der Waals surface area (Å²) in [4.78, 5) is 4.46. The van der Waals surface area contributed by atoms with Gasteiger partial charge in [-0.25, -0.2) is 9.50 Å². The van der Waals surface area contributed by atoms with Crippen LogP contribution in [0.4, 0.5) is 5.82 Å². The maximum Gasteiger partial charge on any atom is 0.153 e. The van der Waals surface area contributed by atoms with E-state index in [0.29, 0.717) is 11.8 Å². The van der Waals surface area contributed by atoms with Crippen molar-refractivity contribution in [3.8, 4) is 0 Å². The van der Waals surface area contributed by atoms with Gasteiger partial charge in [-0.05, 0) is 27.4 Å². The molecule has 5 heteroatoms. The van der Waals surface area contributed by atoms with Gasteiger partial charge >= 0.3 is 0 Å². The van der Waals surface area contributed by atoms with Crippen LogP contribution in [-0.4, -0.2) is 21.1 Å². The molecule has 0 fully saturated rings. The van der Waals surface area contributed by atoms with Crippen LogP contribution in [0, 0.1) is 5.92 Å². The number of benzene rings is 1. The van der Waals surface area contributed by atoms with E-state index in [0.717, 1.165) is 22.4 Å². The van der Waals surface area contributed by atoms with Crippen LogP contribution in [-0.2, 0) is 0 Å². The summed E-state index contributed by atoms with van der Waals surface area (Å²) in [6.45, 7) is 5.34. The average Bonchev–Trinajstić information content (AvgIpc) is 2.91. The zero-order valence-electron chi connectivity index (χ0n) is 12.7. The number of aromatic nitrogens is 3. The second-order valence-corrected chi connectivity index (χ2v) is 6.56. The lowest BCUT2D eigenvalue weighted by Crippen LogP contribution is -2.18. The van der Waals surface area contributed by atoms with E-state index in [2.05, 4.69) is 75.5 Å². The van der Waals surface area contributed by atoms with Gasteiger partial charge in [0, 0.05) is 24.9 Å². The van der Waals surface area contributed by atoms with Gasteiger partial charge in [0.25, 0.3) is 0 Å². The summed E-state index contributed by atoms with van der Waals surface area (Å²) in [5.74, 6) is 1.83. The molecule has 1 N–H and O–H groups in total. The fourth-order valence-corrected chi connectivity index (χ4v) is 3.14. The Kier molecular flexibility index (Phi) is 4.43. The number of hydrogen-bond acceptors (Lipinski definition) is 3. The number of nitrogens with one attached hydrogen (secondary N) is 1. The van der Waals surface area contributed by atoms with Crippen LogP contribution in [0.3, 0.4) is 0 Å². The number of halogens is 1. The number of anilines is 1. The molecule has 0 aliphatic rings. The third kappa shape index (κ3) is 2.99. The van der Waals surface area contributed by atoms with Crippen LogP contribution >= 0.6 is 15.9 Å². The molecule has 0 spiro atoms. The van der Waals surface area contributed by atoms with E-state index in [4.69, 9.17) is 0 Å². The van der Waals surface area contributed by atoms with Crippen molar-refractivity contribution in [1.29, 1.82) is 0 Å². The van der Waals surface area contributed by atoms with Crippen LogP contribution in [0.5, 0.6) is 0 Å². The highest BCUT2D eigenvalue weighted by atomic mass is 79.9. The normalized spacial score (nSPS) is 12.7. The standard InChI is InChI=1S/C17H19BrN4/c1-12(2)14(13-6-4-3-5-7-13)10-20-17-16-15(18)11-21-22(16)9-8-19-17/h3-9,11-12,14H,10H2,1-2H3,(H,19,20). The molecule has 3 aromatic rings. The second-order valence-electron chi connectivity index (χ2n) is 5.70. The van der Waals surface area contributed by atoms with Crippen molar-refractivity contribution in [2.45, 2.75) is 19.8 Å². The predicted octanol–water partition coefficient (Wildman–Crippen LogP) is 4.34. The van der Waals surface area contributed by atoms with Crippen LogP contribution in [0.25, 0.3) is 5.52 Å². The second kappa shape index (κ2) is 6.48. The van der Waals surface area contributed by atoms with Crippen molar-refractivity contribution in [2.24, 2.45) is 5.92 Å². The number of hydrogen-bond donors (Lipinski definition) is 1. The highest BCUT2D eigenvalue weighted by molar-refractivity contribution is 9.10. The Morgan fingerprint density at radius 3 is 2.73 bits per heavy atom. The van der Waals surface area contributed by atoms with Crippen molar-refractivity contribution in [2.75, 3.05) is 11.9 Å². The number of nitrogens with zero attached hydrogens (tertiary/aromatic N) is 3. The van der Waals surface area contributed by atoms with Crippen molar-refractivity contribution < 1.29 is 0 Å². The van der Waals surface area contributed by atoms with Gasteiger partial charge in [0.05, 0.1) is 10.7 Å². The molecule has 0 aliphatic carbocycles. The van der Waals surface area contributed by atoms with Crippen LogP contribution in [0.2, 0.25) is 0 Å². The van der Waals surface area contributed by atoms with Gasteiger partial charge in [0.2, 0.25) is 0 Å². The number of rotatable bonds is 5. The molecule has 1 atom stereocenters. The largest absolute Gasteiger partial charge is 0.368 e. The first-order chi connectivity index (χ1) is 10.7. The van der Waals surface area contributed by atoms with E-state index in [-0.39, 0.29) is 0 Å². The summed E-state index contributed by atoms with van der Waals surface area (Å²) in [5.41, 5.74) is 2.32. The van der Waals surface area contributed by atoms with Crippen LogP contribution in [0.1, 0.15) is 25.3 Å². The van der Waals surface area contributed by atoms with E-state index in [1.165, 1.54) is 5.56 Å². The van der Waals surface area contributed by atoms with Gasteiger partial charge in [-0.15, -0.1) is 0 Å². The smallest absolute Gasteiger partial charge is 0.153 e. The van der Waals surface area contributed by atoms with E-state index in [9.17, 15) is 0 Å². The molecule has 1 aromatic carbocycles. The first-order valence-electron chi connectivity index (χ1n) is 7.43. The van der Waals surface area contributed by atoms with E-state index in [1.807, 2.05) is 10.7 Å². The van der Waals surface area contributed by atoms with E-state index < -0.39 is 0 Å².